The molecule has 7 heteroatoms. The van der Waals surface area contributed by atoms with Crippen molar-refractivity contribution >= 4 is 40.6 Å². The van der Waals surface area contributed by atoms with E-state index in [4.69, 9.17) is 11.6 Å². The average molecular weight is 413 g/mol. The third-order valence-corrected chi connectivity index (χ3v) is 5.53. The van der Waals surface area contributed by atoms with Crippen molar-refractivity contribution in [2.45, 2.75) is 17.1 Å². The Balaban J connectivity index is 1.91. The van der Waals surface area contributed by atoms with Crippen LogP contribution in [0.4, 0.5) is 11.4 Å². The normalized spacial score (nSPS) is 11.6. The molecule has 0 radical (unpaired) electrons. The zero-order valence-corrected chi connectivity index (χ0v) is 16.5. The highest BCUT2D eigenvalue weighted by Gasteiger charge is 2.25. The summed E-state index contributed by atoms with van der Waals surface area (Å²) in [6.07, 6.45) is 0. The predicted octanol–water partition coefficient (Wildman–Crippen LogP) is 6.03. The lowest BCUT2D eigenvalue weighted by molar-refractivity contribution is -0.384. The zero-order chi connectivity index (χ0) is 20.1. The van der Waals surface area contributed by atoms with E-state index in [9.17, 15) is 14.9 Å². The van der Waals surface area contributed by atoms with Crippen LogP contribution in [0, 0.1) is 17.0 Å². The number of hydrogen-bond donors (Lipinski definition) is 1. The van der Waals surface area contributed by atoms with Gasteiger partial charge in [0.05, 0.1) is 4.92 Å². The lowest BCUT2D eigenvalue weighted by Crippen LogP contribution is -2.19. The summed E-state index contributed by atoms with van der Waals surface area (Å²) >= 11 is 7.30. The largest absolute Gasteiger partial charge is 0.319 e. The molecule has 0 bridgehead atoms. The van der Waals surface area contributed by atoms with E-state index < -0.39 is 10.2 Å². The number of aryl methyl sites for hydroxylation is 1. The van der Waals surface area contributed by atoms with Crippen LogP contribution in [0.15, 0.2) is 77.7 Å². The Bertz CT molecular complexity index is 994. The number of amides is 1. The molecule has 0 spiro atoms. The molecule has 3 aromatic carbocycles. The number of nitro benzene ring substituents is 1. The number of nitrogens with one attached hydrogen (secondary N) is 1. The van der Waals surface area contributed by atoms with Crippen LogP contribution in [0.1, 0.15) is 16.4 Å². The summed E-state index contributed by atoms with van der Waals surface area (Å²) in [6, 6.07) is 21.2. The standard InChI is InChI=1S/C21H17ClN2O3S/c1-14-7-12-18(19(13-14)24(26)27)23-21(25)20(15-5-3-2-4-6-15)28-17-10-8-16(22)9-11-17/h2-13,20H,1H3,(H,23,25)/t20-/m0/s1. The zero-order valence-electron chi connectivity index (χ0n) is 15.0. The van der Waals surface area contributed by atoms with Crippen LogP contribution < -0.4 is 5.32 Å². The lowest BCUT2D eigenvalue weighted by atomic mass is 10.1. The SMILES string of the molecule is Cc1ccc(NC(=O)[C@@H](Sc2ccc(Cl)cc2)c2ccccc2)c([N+](=O)[O-])c1. The number of thioether (sulfide) groups is 1. The van der Waals surface area contributed by atoms with E-state index in [1.807, 2.05) is 42.5 Å². The van der Waals surface area contributed by atoms with Gasteiger partial charge in [0.2, 0.25) is 5.91 Å². The molecule has 1 N–H and O–H groups in total. The molecule has 3 aromatic rings. The van der Waals surface area contributed by atoms with Gasteiger partial charge in [-0.15, -0.1) is 11.8 Å². The van der Waals surface area contributed by atoms with Gasteiger partial charge in [-0.3, -0.25) is 14.9 Å². The molecule has 0 heterocycles. The number of carbonyl (C=O) groups is 1. The van der Waals surface area contributed by atoms with E-state index in [0.29, 0.717) is 5.02 Å². The number of hydrogen-bond acceptors (Lipinski definition) is 4. The maximum absolute atomic E-state index is 13.1. The Morgan fingerprint density at radius 3 is 2.39 bits per heavy atom. The van der Waals surface area contributed by atoms with Crippen LogP contribution in [0.3, 0.4) is 0 Å². The molecule has 3 rings (SSSR count). The fourth-order valence-electron chi connectivity index (χ4n) is 2.65. The molecule has 0 aliphatic carbocycles. The number of carbonyl (C=O) groups excluding carboxylic acids is 1. The first-order valence-corrected chi connectivity index (χ1v) is 9.73. The minimum atomic E-state index is -0.580. The van der Waals surface area contributed by atoms with Crippen LogP contribution >= 0.6 is 23.4 Å². The molecule has 0 aromatic heterocycles. The van der Waals surface area contributed by atoms with Gasteiger partial charge in [0, 0.05) is 16.0 Å². The smallest absolute Gasteiger partial charge is 0.293 e. The van der Waals surface area contributed by atoms with Gasteiger partial charge in [0.15, 0.2) is 0 Å². The molecule has 5 nitrogen and oxygen atoms in total. The number of nitro groups is 1. The van der Waals surface area contributed by atoms with Crippen LogP contribution in [0.25, 0.3) is 0 Å². The van der Waals surface area contributed by atoms with E-state index in [1.165, 1.54) is 17.8 Å². The van der Waals surface area contributed by atoms with Gasteiger partial charge in [-0.25, -0.2) is 0 Å². The average Bonchev–Trinajstić information content (AvgIpc) is 2.69. The van der Waals surface area contributed by atoms with Crippen molar-refractivity contribution < 1.29 is 9.72 Å². The second kappa shape index (κ2) is 8.91. The molecule has 28 heavy (non-hydrogen) atoms. The van der Waals surface area contributed by atoms with Crippen molar-refractivity contribution in [3.05, 3.63) is 99.1 Å². The molecule has 0 saturated carbocycles. The third-order valence-electron chi connectivity index (χ3n) is 4.02. The maximum atomic E-state index is 13.1. The van der Waals surface area contributed by atoms with Crippen molar-refractivity contribution in [1.82, 2.24) is 0 Å². The van der Waals surface area contributed by atoms with Crippen LogP contribution in [0.2, 0.25) is 5.02 Å². The molecule has 1 amide bonds. The van der Waals surface area contributed by atoms with Crippen molar-refractivity contribution in [2.24, 2.45) is 0 Å². The maximum Gasteiger partial charge on any atom is 0.293 e. The van der Waals surface area contributed by atoms with Crippen molar-refractivity contribution in [2.75, 3.05) is 5.32 Å². The monoisotopic (exact) mass is 412 g/mol. The van der Waals surface area contributed by atoms with E-state index in [-0.39, 0.29) is 17.3 Å². The Kier molecular flexibility index (Phi) is 6.34. The van der Waals surface area contributed by atoms with Crippen molar-refractivity contribution in [3.8, 4) is 0 Å². The molecule has 0 aliphatic rings. The van der Waals surface area contributed by atoms with Gasteiger partial charge in [0.1, 0.15) is 10.9 Å². The summed E-state index contributed by atoms with van der Waals surface area (Å²) < 4.78 is 0. The summed E-state index contributed by atoms with van der Waals surface area (Å²) in [5.41, 5.74) is 1.60. The first-order chi connectivity index (χ1) is 13.4. The fourth-order valence-corrected chi connectivity index (χ4v) is 3.80. The first-order valence-electron chi connectivity index (χ1n) is 8.47. The Hall–Kier alpha value is -2.83. The third kappa shape index (κ3) is 4.91. The second-order valence-electron chi connectivity index (χ2n) is 6.13. The summed E-state index contributed by atoms with van der Waals surface area (Å²) in [5, 5.41) is 14.1. The van der Waals surface area contributed by atoms with Gasteiger partial charge in [-0.2, -0.15) is 0 Å². The molecule has 0 aliphatic heterocycles. The van der Waals surface area contributed by atoms with Gasteiger partial charge in [-0.05, 0) is 48.4 Å². The van der Waals surface area contributed by atoms with E-state index in [1.54, 1.807) is 31.2 Å². The van der Waals surface area contributed by atoms with E-state index >= 15 is 0 Å². The molecule has 142 valence electrons. The fraction of sp³-hybridized carbons (Fsp3) is 0.0952. The topological polar surface area (TPSA) is 72.2 Å². The van der Waals surface area contributed by atoms with Gasteiger partial charge in [0.25, 0.3) is 5.69 Å². The van der Waals surface area contributed by atoms with Crippen molar-refractivity contribution in [3.63, 3.8) is 0 Å². The molecule has 0 unspecified atom stereocenters. The van der Waals surface area contributed by atoms with Gasteiger partial charge in [-0.1, -0.05) is 48.0 Å². The highest BCUT2D eigenvalue weighted by Crippen LogP contribution is 2.37. The highest BCUT2D eigenvalue weighted by atomic mass is 35.5. The molecule has 1 atom stereocenters. The Morgan fingerprint density at radius 2 is 1.75 bits per heavy atom. The number of benzene rings is 3. The lowest BCUT2D eigenvalue weighted by Gasteiger charge is -2.17. The minimum absolute atomic E-state index is 0.128. The summed E-state index contributed by atoms with van der Waals surface area (Å²) in [6.45, 7) is 1.77. The van der Waals surface area contributed by atoms with Crippen molar-refractivity contribution in [1.29, 1.82) is 0 Å². The van der Waals surface area contributed by atoms with Crippen LogP contribution in [-0.2, 0) is 4.79 Å². The highest BCUT2D eigenvalue weighted by molar-refractivity contribution is 8.00. The Labute approximate surface area is 171 Å². The summed E-state index contributed by atoms with van der Waals surface area (Å²) in [4.78, 5) is 24.8. The number of halogens is 1. The minimum Gasteiger partial charge on any atom is -0.319 e. The molecule has 0 fully saturated rings. The predicted molar refractivity (Wildman–Crippen MR) is 113 cm³/mol. The Morgan fingerprint density at radius 1 is 1.07 bits per heavy atom. The van der Waals surface area contributed by atoms with Crippen LogP contribution in [-0.4, -0.2) is 10.8 Å². The van der Waals surface area contributed by atoms with E-state index in [0.717, 1.165) is 16.0 Å². The number of nitrogens with zero attached hydrogens (tertiary/aromatic N) is 1. The molecular weight excluding hydrogens is 396 g/mol. The number of anilines is 1. The summed E-state index contributed by atoms with van der Waals surface area (Å²) in [7, 11) is 0. The second-order valence-corrected chi connectivity index (χ2v) is 7.74. The van der Waals surface area contributed by atoms with Crippen LogP contribution in [0.5, 0.6) is 0 Å². The van der Waals surface area contributed by atoms with Gasteiger partial charge < -0.3 is 5.32 Å². The van der Waals surface area contributed by atoms with E-state index in [2.05, 4.69) is 5.32 Å². The number of rotatable bonds is 6. The molecular formula is C21H17ClN2O3S. The van der Waals surface area contributed by atoms with Gasteiger partial charge >= 0.3 is 0 Å². The summed E-state index contributed by atoms with van der Waals surface area (Å²) in [5.74, 6) is -0.335. The quantitative estimate of drug-likeness (QED) is 0.305. The first kappa shape index (κ1) is 19.9. The molecule has 0 saturated heterocycles.